The van der Waals surface area contributed by atoms with Crippen LogP contribution in [0.2, 0.25) is 10.0 Å². The number of rotatable bonds is 3. The minimum Gasteiger partial charge on any atom is -0.496 e. The van der Waals surface area contributed by atoms with Crippen LogP contribution in [0.3, 0.4) is 0 Å². The summed E-state index contributed by atoms with van der Waals surface area (Å²) in [7, 11) is 1.54. The molecule has 0 aliphatic carbocycles. The Morgan fingerprint density at radius 1 is 1.11 bits per heavy atom. The molecule has 0 saturated carbocycles. The van der Waals surface area contributed by atoms with Crippen molar-refractivity contribution in [1.82, 2.24) is 0 Å². The van der Waals surface area contributed by atoms with Gasteiger partial charge in [0.15, 0.2) is 0 Å². The molecule has 2 aromatic carbocycles. The molecular weight excluding hydrogens is 354 g/mol. The standard InChI is InChI=1S/C14H10BrCl2FO/c1-19-13-5-3-9(18)7-11(13)14(15)10-6-8(16)2-4-12(10)17/h2-7,14H,1H3. The summed E-state index contributed by atoms with van der Waals surface area (Å²) in [5.74, 6) is 0.248. The maximum atomic E-state index is 13.4. The molecule has 0 saturated heterocycles. The molecule has 1 unspecified atom stereocenters. The van der Waals surface area contributed by atoms with Crippen LogP contribution < -0.4 is 4.74 Å². The minimum absolute atomic E-state index is 0.302. The third kappa shape index (κ3) is 3.22. The summed E-state index contributed by atoms with van der Waals surface area (Å²) in [6.07, 6.45) is 0. The highest BCUT2D eigenvalue weighted by molar-refractivity contribution is 9.09. The van der Waals surface area contributed by atoms with Gasteiger partial charge in [0, 0.05) is 15.6 Å². The number of benzene rings is 2. The van der Waals surface area contributed by atoms with Gasteiger partial charge in [0.2, 0.25) is 0 Å². The Morgan fingerprint density at radius 2 is 1.84 bits per heavy atom. The summed E-state index contributed by atoms with van der Waals surface area (Å²) in [4.78, 5) is -0.302. The monoisotopic (exact) mass is 362 g/mol. The highest BCUT2D eigenvalue weighted by Gasteiger charge is 2.19. The fourth-order valence-corrected chi connectivity index (χ4v) is 3.06. The predicted octanol–water partition coefficient (Wildman–Crippen LogP) is 5.63. The SMILES string of the molecule is COc1ccc(F)cc1C(Br)c1cc(Cl)ccc1Cl. The van der Waals surface area contributed by atoms with Crippen LogP contribution >= 0.6 is 39.1 Å². The fourth-order valence-electron chi connectivity index (χ4n) is 1.78. The first kappa shape index (κ1) is 14.6. The second-order valence-corrected chi connectivity index (χ2v) is 5.67. The van der Waals surface area contributed by atoms with Crippen LogP contribution in [0.1, 0.15) is 16.0 Å². The Kier molecular flexibility index (Phi) is 4.71. The van der Waals surface area contributed by atoms with Crippen LogP contribution in [-0.2, 0) is 0 Å². The zero-order valence-corrected chi connectivity index (χ0v) is 13.1. The van der Waals surface area contributed by atoms with Crippen molar-refractivity contribution in [3.05, 3.63) is 63.4 Å². The first-order valence-electron chi connectivity index (χ1n) is 5.45. The maximum absolute atomic E-state index is 13.4. The number of hydrogen-bond donors (Lipinski definition) is 0. The molecule has 0 aliphatic heterocycles. The van der Waals surface area contributed by atoms with Crippen molar-refractivity contribution in [3.8, 4) is 5.75 Å². The lowest BCUT2D eigenvalue weighted by molar-refractivity contribution is 0.409. The maximum Gasteiger partial charge on any atom is 0.123 e. The molecule has 5 heteroatoms. The third-order valence-corrected chi connectivity index (χ3v) is 4.26. The van der Waals surface area contributed by atoms with Crippen LogP contribution in [0.5, 0.6) is 5.75 Å². The Morgan fingerprint density at radius 3 is 2.53 bits per heavy atom. The van der Waals surface area contributed by atoms with Gasteiger partial charge in [-0.15, -0.1) is 0 Å². The molecule has 19 heavy (non-hydrogen) atoms. The van der Waals surface area contributed by atoms with Gasteiger partial charge >= 0.3 is 0 Å². The smallest absolute Gasteiger partial charge is 0.123 e. The van der Waals surface area contributed by atoms with Crippen molar-refractivity contribution in [1.29, 1.82) is 0 Å². The molecule has 0 radical (unpaired) electrons. The molecule has 1 atom stereocenters. The molecule has 0 fully saturated rings. The first-order chi connectivity index (χ1) is 9.02. The molecule has 0 aromatic heterocycles. The molecular formula is C14H10BrCl2FO. The summed E-state index contributed by atoms with van der Waals surface area (Å²) < 4.78 is 18.6. The van der Waals surface area contributed by atoms with Crippen molar-refractivity contribution in [2.75, 3.05) is 7.11 Å². The van der Waals surface area contributed by atoms with E-state index in [9.17, 15) is 4.39 Å². The van der Waals surface area contributed by atoms with E-state index in [1.54, 1.807) is 24.3 Å². The Hall–Kier alpha value is -0.770. The average molecular weight is 364 g/mol. The number of alkyl halides is 1. The van der Waals surface area contributed by atoms with E-state index in [1.807, 2.05) is 0 Å². The average Bonchev–Trinajstić information content (AvgIpc) is 2.40. The van der Waals surface area contributed by atoms with Gasteiger partial charge in [0.1, 0.15) is 11.6 Å². The van der Waals surface area contributed by atoms with Gasteiger partial charge in [-0.3, -0.25) is 0 Å². The predicted molar refractivity (Wildman–Crippen MR) is 80.2 cm³/mol. The quantitative estimate of drug-likeness (QED) is 0.642. The van der Waals surface area contributed by atoms with E-state index in [1.165, 1.54) is 19.2 Å². The summed E-state index contributed by atoms with van der Waals surface area (Å²) in [5, 5.41) is 1.12. The second-order valence-electron chi connectivity index (χ2n) is 3.91. The van der Waals surface area contributed by atoms with E-state index in [0.29, 0.717) is 21.4 Å². The van der Waals surface area contributed by atoms with Gasteiger partial charge in [-0.2, -0.15) is 0 Å². The van der Waals surface area contributed by atoms with Crippen molar-refractivity contribution in [2.45, 2.75) is 4.83 Å². The molecule has 100 valence electrons. The van der Waals surface area contributed by atoms with Crippen LogP contribution in [0, 0.1) is 5.82 Å². The molecule has 0 amide bonds. The molecule has 0 aliphatic rings. The largest absolute Gasteiger partial charge is 0.496 e. The van der Waals surface area contributed by atoms with Gasteiger partial charge in [-0.25, -0.2) is 4.39 Å². The van der Waals surface area contributed by atoms with E-state index in [0.717, 1.165) is 5.56 Å². The van der Waals surface area contributed by atoms with E-state index >= 15 is 0 Å². The summed E-state index contributed by atoms with van der Waals surface area (Å²) in [6.45, 7) is 0. The Bertz CT molecular complexity index is 604. The summed E-state index contributed by atoms with van der Waals surface area (Å²) >= 11 is 15.6. The van der Waals surface area contributed by atoms with Gasteiger partial charge in [-0.1, -0.05) is 39.1 Å². The molecule has 2 aromatic rings. The van der Waals surface area contributed by atoms with E-state index in [2.05, 4.69) is 15.9 Å². The van der Waals surface area contributed by atoms with Gasteiger partial charge in [0.05, 0.1) is 11.9 Å². The number of methoxy groups -OCH3 is 1. The van der Waals surface area contributed by atoms with Gasteiger partial charge in [0.25, 0.3) is 0 Å². The van der Waals surface area contributed by atoms with Crippen molar-refractivity contribution in [3.63, 3.8) is 0 Å². The van der Waals surface area contributed by atoms with Crippen LogP contribution in [-0.4, -0.2) is 7.11 Å². The Balaban J connectivity index is 2.51. The molecule has 2 rings (SSSR count). The molecule has 0 bridgehead atoms. The highest BCUT2D eigenvalue weighted by atomic mass is 79.9. The van der Waals surface area contributed by atoms with Crippen molar-refractivity contribution < 1.29 is 9.13 Å². The van der Waals surface area contributed by atoms with Gasteiger partial charge in [-0.05, 0) is 42.0 Å². The lowest BCUT2D eigenvalue weighted by Crippen LogP contribution is -1.99. The molecule has 0 spiro atoms. The second kappa shape index (κ2) is 6.12. The van der Waals surface area contributed by atoms with Crippen molar-refractivity contribution >= 4 is 39.1 Å². The van der Waals surface area contributed by atoms with E-state index in [4.69, 9.17) is 27.9 Å². The van der Waals surface area contributed by atoms with E-state index in [-0.39, 0.29) is 10.6 Å². The molecule has 0 N–H and O–H groups in total. The minimum atomic E-state index is -0.335. The molecule has 1 nitrogen and oxygen atoms in total. The first-order valence-corrected chi connectivity index (χ1v) is 7.12. The third-order valence-electron chi connectivity index (χ3n) is 2.70. The van der Waals surface area contributed by atoms with Gasteiger partial charge < -0.3 is 4.74 Å². The number of halogens is 4. The van der Waals surface area contributed by atoms with Crippen molar-refractivity contribution in [2.24, 2.45) is 0 Å². The topological polar surface area (TPSA) is 9.23 Å². The normalized spacial score (nSPS) is 12.3. The lowest BCUT2D eigenvalue weighted by atomic mass is 10.0. The van der Waals surface area contributed by atoms with Crippen LogP contribution in [0.15, 0.2) is 36.4 Å². The highest BCUT2D eigenvalue weighted by Crippen LogP contribution is 2.40. The summed E-state index contributed by atoms with van der Waals surface area (Å²) in [5.41, 5.74) is 1.42. The fraction of sp³-hybridized carbons (Fsp3) is 0.143. The summed E-state index contributed by atoms with van der Waals surface area (Å²) in [6, 6.07) is 9.50. The molecule has 0 heterocycles. The van der Waals surface area contributed by atoms with Crippen LogP contribution in [0.4, 0.5) is 4.39 Å². The Labute approximate surface area is 129 Å². The number of hydrogen-bond acceptors (Lipinski definition) is 1. The van der Waals surface area contributed by atoms with Crippen LogP contribution in [0.25, 0.3) is 0 Å². The van der Waals surface area contributed by atoms with E-state index < -0.39 is 0 Å². The lowest BCUT2D eigenvalue weighted by Gasteiger charge is -2.16. The number of ether oxygens (including phenoxy) is 1. The zero-order valence-electron chi connectivity index (χ0n) is 9.96. The zero-order chi connectivity index (χ0) is 14.0.